The Kier molecular flexibility index (Phi) is 4.14. The summed E-state index contributed by atoms with van der Waals surface area (Å²) in [6.45, 7) is 5.61. The quantitative estimate of drug-likeness (QED) is 0.758. The minimum absolute atomic E-state index is 0.0444. The highest BCUT2D eigenvalue weighted by atomic mass is 35.5. The Morgan fingerprint density at radius 3 is 2.70 bits per heavy atom. The molecule has 142 valence electrons. The number of nitrogen functional groups attached to an aromatic ring is 1. The summed E-state index contributed by atoms with van der Waals surface area (Å²) in [5.41, 5.74) is 8.04. The van der Waals surface area contributed by atoms with Gasteiger partial charge in [-0.3, -0.25) is 4.90 Å². The van der Waals surface area contributed by atoms with Crippen LogP contribution in [0.2, 0.25) is 5.15 Å². The number of hydrogen-bond acceptors (Lipinski definition) is 6. The second-order valence-electron chi connectivity index (χ2n) is 7.89. The van der Waals surface area contributed by atoms with E-state index in [1.54, 1.807) is 0 Å². The van der Waals surface area contributed by atoms with Gasteiger partial charge in [0.05, 0.1) is 18.1 Å². The van der Waals surface area contributed by atoms with Gasteiger partial charge in [0.2, 0.25) is 0 Å². The Bertz CT molecular complexity index is 898. The van der Waals surface area contributed by atoms with Crippen molar-refractivity contribution in [1.29, 1.82) is 0 Å². The van der Waals surface area contributed by atoms with Gasteiger partial charge in [-0.1, -0.05) is 35.9 Å². The highest BCUT2D eigenvalue weighted by Gasteiger charge is 2.53. The number of rotatable bonds is 2. The van der Waals surface area contributed by atoms with Gasteiger partial charge in [-0.2, -0.15) is 0 Å². The van der Waals surface area contributed by atoms with Crippen molar-refractivity contribution in [1.82, 2.24) is 14.9 Å². The molecule has 4 rings (SSSR count). The molecule has 0 radical (unpaired) electrons. The predicted octanol–water partition coefficient (Wildman–Crippen LogP) is 3.93. The third-order valence-corrected chi connectivity index (χ3v) is 5.23. The number of carbonyl (C=O) groups is 1. The molecule has 1 amide bonds. The fourth-order valence-electron chi connectivity index (χ4n) is 3.96. The Morgan fingerprint density at radius 2 is 2.00 bits per heavy atom. The van der Waals surface area contributed by atoms with Crippen LogP contribution in [-0.2, 0) is 4.74 Å². The summed E-state index contributed by atoms with van der Waals surface area (Å²) in [4.78, 5) is 22.8. The molecule has 0 unspecified atom stereocenters. The summed E-state index contributed by atoms with van der Waals surface area (Å²) in [5.74, 6) is 0.481. The summed E-state index contributed by atoms with van der Waals surface area (Å²) in [6, 6.07) is 7.86. The van der Waals surface area contributed by atoms with Gasteiger partial charge in [-0.05, 0) is 38.3 Å². The fraction of sp³-hybridized carbons (Fsp3) is 0.421. The molecule has 1 saturated heterocycles. The molecule has 0 aliphatic carbocycles. The predicted molar refractivity (Wildman–Crippen MR) is 103 cm³/mol. The molecular weight excluding hydrogens is 366 g/mol. The Morgan fingerprint density at radius 1 is 1.30 bits per heavy atom. The van der Waals surface area contributed by atoms with Crippen LogP contribution >= 0.6 is 11.6 Å². The fourth-order valence-corrected chi connectivity index (χ4v) is 4.09. The summed E-state index contributed by atoms with van der Waals surface area (Å²) >= 11 is 6.01. The molecule has 7 nitrogen and oxygen atoms in total. The van der Waals surface area contributed by atoms with Crippen LogP contribution < -0.4 is 11.1 Å². The third kappa shape index (κ3) is 3.06. The van der Waals surface area contributed by atoms with Crippen molar-refractivity contribution in [2.45, 2.75) is 50.9 Å². The van der Waals surface area contributed by atoms with Crippen molar-refractivity contribution in [2.75, 3.05) is 11.1 Å². The number of benzene rings is 1. The number of carbonyl (C=O) groups excluding carboxylic acids is 1. The lowest BCUT2D eigenvalue weighted by molar-refractivity contribution is 0.0174. The molecule has 0 saturated carbocycles. The van der Waals surface area contributed by atoms with Crippen LogP contribution in [0.25, 0.3) is 0 Å². The highest BCUT2D eigenvalue weighted by Crippen LogP contribution is 2.54. The zero-order chi connectivity index (χ0) is 19.3. The number of aromatic nitrogens is 2. The van der Waals surface area contributed by atoms with E-state index in [2.05, 4.69) is 27.4 Å². The molecule has 1 aromatic carbocycles. The van der Waals surface area contributed by atoms with Crippen LogP contribution in [0, 0.1) is 0 Å². The summed E-state index contributed by atoms with van der Waals surface area (Å²) in [6.07, 6.45) is 1.79. The Balaban J connectivity index is 1.67. The number of nitrogens with zero attached hydrogens (tertiary/aromatic N) is 3. The normalized spacial score (nSPS) is 23.3. The molecule has 3 atom stereocenters. The Hall–Kier alpha value is -2.54. The maximum Gasteiger partial charge on any atom is 0.411 e. The molecule has 8 heteroatoms. The van der Waals surface area contributed by atoms with E-state index >= 15 is 0 Å². The SMILES string of the molecule is CC(C)(C)OC(=O)N1[C@@H]2C[C@H](Nc3ncnc(Cl)c3N)[C@H]1c1ccccc12. The first kappa shape index (κ1) is 17.9. The lowest BCUT2D eigenvalue weighted by atomic mass is 9.88. The molecule has 3 N–H and O–H groups in total. The van der Waals surface area contributed by atoms with Gasteiger partial charge in [-0.15, -0.1) is 0 Å². The molecule has 2 aromatic rings. The van der Waals surface area contributed by atoms with Crippen LogP contribution in [-0.4, -0.2) is 32.6 Å². The lowest BCUT2D eigenvalue weighted by Crippen LogP contribution is -2.37. The van der Waals surface area contributed by atoms with Crippen molar-refractivity contribution in [3.05, 3.63) is 46.9 Å². The average molecular weight is 388 g/mol. The maximum atomic E-state index is 12.9. The monoisotopic (exact) mass is 387 g/mol. The van der Waals surface area contributed by atoms with Crippen LogP contribution in [0.1, 0.15) is 50.4 Å². The van der Waals surface area contributed by atoms with Gasteiger partial charge < -0.3 is 15.8 Å². The van der Waals surface area contributed by atoms with Crippen molar-refractivity contribution < 1.29 is 9.53 Å². The first-order valence-corrected chi connectivity index (χ1v) is 9.26. The molecule has 2 bridgehead atoms. The molecule has 1 fully saturated rings. The van der Waals surface area contributed by atoms with Crippen molar-refractivity contribution in [3.8, 4) is 0 Å². The van der Waals surface area contributed by atoms with Gasteiger partial charge >= 0.3 is 6.09 Å². The topological polar surface area (TPSA) is 93.4 Å². The van der Waals surface area contributed by atoms with E-state index < -0.39 is 5.60 Å². The number of ether oxygens (including phenoxy) is 1. The van der Waals surface area contributed by atoms with E-state index in [1.807, 2.05) is 37.8 Å². The zero-order valence-electron chi connectivity index (χ0n) is 15.4. The van der Waals surface area contributed by atoms with Crippen molar-refractivity contribution in [3.63, 3.8) is 0 Å². The molecule has 2 aliphatic rings. The van der Waals surface area contributed by atoms with Crippen molar-refractivity contribution in [2.24, 2.45) is 0 Å². The number of anilines is 2. The number of fused-ring (bicyclic) bond motifs is 5. The van der Waals surface area contributed by atoms with E-state index in [-0.39, 0.29) is 29.4 Å². The van der Waals surface area contributed by atoms with E-state index in [9.17, 15) is 4.79 Å². The number of nitrogens with one attached hydrogen (secondary N) is 1. The molecular formula is C19H22ClN5O2. The molecule has 0 spiro atoms. The molecule has 1 aromatic heterocycles. The minimum atomic E-state index is -0.557. The minimum Gasteiger partial charge on any atom is -0.444 e. The van der Waals surface area contributed by atoms with Crippen LogP contribution in [0.15, 0.2) is 30.6 Å². The van der Waals surface area contributed by atoms with Crippen LogP contribution in [0.5, 0.6) is 0 Å². The molecule has 3 heterocycles. The number of halogens is 1. The smallest absolute Gasteiger partial charge is 0.411 e. The highest BCUT2D eigenvalue weighted by molar-refractivity contribution is 6.32. The average Bonchev–Trinajstić information content (AvgIpc) is 3.11. The zero-order valence-corrected chi connectivity index (χ0v) is 16.2. The van der Waals surface area contributed by atoms with Crippen LogP contribution in [0.4, 0.5) is 16.3 Å². The van der Waals surface area contributed by atoms with Crippen LogP contribution in [0.3, 0.4) is 0 Å². The van der Waals surface area contributed by atoms with E-state index in [0.29, 0.717) is 11.5 Å². The maximum absolute atomic E-state index is 12.9. The summed E-state index contributed by atoms with van der Waals surface area (Å²) in [7, 11) is 0. The second-order valence-corrected chi connectivity index (χ2v) is 8.25. The molecule has 2 aliphatic heterocycles. The lowest BCUT2D eigenvalue weighted by Gasteiger charge is -2.29. The summed E-state index contributed by atoms with van der Waals surface area (Å²) < 4.78 is 5.66. The summed E-state index contributed by atoms with van der Waals surface area (Å²) in [5, 5.41) is 3.57. The Labute approximate surface area is 162 Å². The van der Waals surface area contributed by atoms with Gasteiger partial charge in [0.1, 0.15) is 17.6 Å². The van der Waals surface area contributed by atoms with Gasteiger partial charge in [0.15, 0.2) is 11.0 Å². The third-order valence-electron chi connectivity index (χ3n) is 4.93. The molecule has 27 heavy (non-hydrogen) atoms. The number of nitrogens with two attached hydrogens (primary N) is 1. The standard InChI is InChI=1S/C19H22ClN5O2/c1-19(2,3)27-18(26)25-13-8-12(15(25)11-7-5-4-6-10(11)13)24-17-14(21)16(20)22-9-23-17/h4-7,9,12-13,15H,8,21H2,1-3H3,(H,22,23,24)/t12-,13+,15+/m0/s1. The number of amides is 1. The second kappa shape index (κ2) is 6.27. The first-order valence-electron chi connectivity index (χ1n) is 8.89. The van der Waals surface area contributed by atoms with Gasteiger partial charge in [-0.25, -0.2) is 14.8 Å². The first-order chi connectivity index (χ1) is 12.8. The van der Waals surface area contributed by atoms with Gasteiger partial charge in [0.25, 0.3) is 0 Å². The van der Waals surface area contributed by atoms with Gasteiger partial charge in [0, 0.05) is 0 Å². The van der Waals surface area contributed by atoms with E-state index in [0.717, 1.165) is 12.0 Å². The van der Waals surface area contributed by atoms with E-state index in [1.165, 1.54) is 11.9 Å². The number of hydrogen-bond donors (Lipinski definition) is 2. The van der Waals surface area contributed by atoms with E-state index in [4.69, 9.17) is 22.1 Å². The largest absolute Gasteiger partial charge is 0.444 e. The van der Waals surface area contributed by atoms with Crippen molar-refractivity contribution >= 4 is 29.2 Å².